The number of phenols is 3. The summed E-state index contributed by atoms with van der Waals surface area (Å²) in [6.07, 6.45) is 6.63. The molecule has 0 aliphatic heterocycles. The van der Waals surface area contributed by atoms with Crippen LogP contribution in [0.1, 0.15) is 36.8 Å². The minimum Gasteiger partial charge on any atom is -0.508 e. The molecular formula is C28H36N2O3. The zero-order chi connectivity index (χ0) is 23.3. The molecule has 3 aromatic rings. The molecule has 0 aliphatic carbocycles. The number of hydrogen-bond donors (Lipinski definition) is 5. The van der Waals surface area contributed by atoms with E-state index in [1.165, 1.54) is 30.9 Å². The monoisotopic (exact) mass is 448 g/mol. The summed E-state index contributed by atoms with van der Waals surface area (Å²) in [7, 11) is 0. The molecule has 0 heterocycles. The Balaban J connectivity index is 1.28. The van der Waals surface area contributed by atoms with Gasteiger partial charge in [-0.2, -0.15) is 0 Å². The van der Waals surface area contributed by atoms with Crippen molar-refractivity contribution in [2.24, 2.45) is 0 Å². The number of rotatable bonds is 14. The zero-order valence-corrected chi connectivity index (χ0v) is 19.3. The molecule has 0 unspecified atom stereocenters. The van der Waals surface area contributed by atoms with E-state index in [4.69, 9.17) is 0 Å². The molecule has 0 atom stereocenters. The Kier molecular flexibility index (Phi) is 10.1. The summed E-state index contributed by atoms with van der Waals surface area (Å²) in [5.41, 5.74) is 3.74. The summed E-state index contributed by atoms with van der Waals surface area (Å²) in [6, 6.07) is 20.6. The van der Waals surface area contributed by atoms with E-state index in [0.29, 0.717) is 5.56 Å². The lowest BCUT2D eigenvalue weighted by atomic mass is 9.96. The van der Waals surface area contributed by atoms with Gasteiger partial charge < -0.3 is 26.0 Å². The van der Waals surface area contributed by atoms with E-state index in [-0.39, 0.29) is 17.2 Å². The van der Waals surface area contributed by atoms with E-state index in [2.05, 4.69) is 41.0 Å². The van der Waals surface area contributed by atoms with Gasteiger partial charge >= 0.3 is 0 Å². The van der Waals surface area contributed by atoms with Crippen LogP contribution in [0.3, 0.4) is 0 Å². The molecule has 5 N–H and O–H groups in total. The summed E-state index contributed by atoms with van der Waals surface area (Å²) in [6.45, 7) is 3.88. The summed E-state index contributed by atoms with van der Waals surface area (Å²) in [5, 5.41) is 36.9. The van der Waals surface area contributed by atoms with Crippen LogP contribution < -0.4 is 10.6 Å². The van der Waals surface area contributed by atoms with Crippen molar-refractivity contribution in [3.8, 4) is 28.4 Å². The molecule has 0 radical (unpaired) electrons. The maximum Gasteiger partial charge on any atom is 0.165 e. The lowest BCUT2D eigenvalue weighted by molar-refractivity contribution is 0.404. The van der Waals surface area contributed by atoms with Crippen molar-refractivity contribution in [1.82, 2.24) is 10.6 Å². The fourth-order valence-corrected chi connectivity index (χ4v) is 3.98. The third kappa shape index (κ3) is 8.12. The topological polar surface area (TPSA) is 84.8 Å². The SMILES string of the molecule is Oc1ccc(-c2c(CCNCCCCCCNCCc3ccccc3)ccc(O)c2O)cc1. The molecule has 5 heteroatoms. The van der Waals surface area contributed by atoms with Crippen molar-refractivity contribution in [2.75, 3.05) is 26.2 Å². The molecule has 0 saturated heterocycles. The minimum absolute atomic E-state index is 0.115. The van der Waals surface area contributed by atoms with Crippen LogP contribution in [0.4, 0.5) is 0 Å². The predicted molar refractivity (Wildman–Crippen MR) is 135 cm³/mol. The van der Waals surface area contributed by atoms with Gasteiger partial charge in [-0.15, -0.1) is 0 Å². The first-order valence-electron chi connectivity index (χ1n) is 11.9. The van der Waals surface area contributed by atoms with Crippen molar-refractivity contribution in [1.29, 1.82) is 0 Å². The smallest absolute Gasteiger partial charge is 0.165 e. The fourth-order valence-electron chi connectivity index (χ4n) is 3.98. The Hall–Kier alpha value is -3.02. The Labute approximate surface area is 197 Å². The van der Waals surface area contributed by atoms with Crippen LogP contribution in [0.25, 0.3) is 11.1 Å². The molecule has 33 heavy (non-hydrogen) atoms. The molecule has 5 nitrogen and oxygen atoms in total. The van der Waals surface area contributed by atoms with Crippen LogP contribution in [0.2, 0.25) is 0 Å². The number of nitrogens with one attached hydrogen (secondary N) is 2. The molecule has 3 aromatic carbocycles. The molecule has 0 fully saturated rings. The van der Waals surface area contributed by atoms with Crippen LogP contribution in [0.15, 0.2) is 66.7 Å². The van der Waals surface area contributed by atoms with Crippen molar-refractivity contribution in [3.05, 3.63) is 77.9 Å². The maximum atomic E-state index is 10.4. The molecule has 0 amide bonds. The van der Waals surface area contributed by atoms with Crippen LogP contribution in [-0.4, -0.2) is 41.5 Å². The first-order chi connectivity index (χ1) is 16.1. The van der Waals surface area contributed by atoms with Gasteiger partial charge in [-0.25, -0.2) is 0 Å². The Morgan fingerprint density at radius 3 is 1.88 bits per heavy atom. The Bertz CT molecular complexity index is 959. The molecule has 0 saturated carbocycles. The third-order valence-corrected chi connectivity index (χ3v) is 5.86. The van der Waals surface area contributed by atoms with E-state index in [0.717, 1.165) is 56.6 Å². The molecule has 0 bridgehead atoms. The van der Waals surface area contributed by atoms with Gasteiger partial charge in [0.2, 0.25) is 0 Å². The second-order valence-electron chi connectivity index (χ2n) is 8.41. The van der Waals surface area contributed by atoms with E-state index in [1.807, 2.05) is 6.07 Å². The second kappa shape index (κ2) is 13.5. The van der Waals surface area contributed by atoms with E-state index in [9.17, 15) is 15.3 Å². The predicted octanol–water partition coefficient (Wildman–Crippen LogP) is 5.00. The highest BCUT2D eigenvalue weighted by molar-refractivity contribution is 5.77. The molecular weight excluding hydrogens is 412 g/mol. The maximum absolute atomic E-state index is 10.4. The van der Waals surface area contributed by atoms with Gasteiger partial charge in [0.05, 0.1) is 0 Å². The fraction of sp³-hybridized carbons (Fsp3) is 0.357. The number of unbranched alkanes of at least 4 members (excludes halogenated alkanes) is 3. The standard InChI is InChI=1S/C28H36N2O3/c31-25-13-10-23(11-14-25)27-24(12-15-26(32)28(27)33)17-21-30-19-7-2-1-6-18-29-20-16-22-8-4-3-5-9-22/h3-5,8-15,29-33H,1-2,6-7,16-21H2. The third-order valence-electron chi connectivity index (χ3n) is 5.86. The van der Waals surface area contributed by atoms with Crippen LogP contribution in [0.5, 0.6) is 17.2 Å². The van der Waals surface area contributed by atoms with Gasteiger partial charge in [0.15, 0.2) is 11.5 Å². The number of benzene rings is 3. The lowest BCUT2D eigenvalue weighted by Crippen LogP contribution is -2.19. The average Bonchev–Trinajstić information content (AvgIpc) is 2.83. The van der Waals surface area contributed by atoms with E-state index in [1.54, 1.807) is 24.3 Å². The van der Waals surface area contributed by atoms with E-state index < -0.39 is 0 Å². The van der Waals surface area contributed by atoms with Crippen LogP contribution >= 0.6 is 0 Å². The second-order valence-corrected chi connectivity index (χ2v) is 8.41. The summed E-state index contributed by atoms with van der Waals surface area (Å²) < 4.78 is 0. The van der Waals surface area contributed by atoms with Crippen molar-refractivity contribution in [2.45, 2.75) is 38.5 Å². The van der Waals surface area contributed by atoms with Gasteiger partial charge in [0.1, 0.15) is 5.75 Å². The Morgan fingerprint density at radius 1 is 0.576 bits per heavy atom. The van der Waals surface area contributed by atoms with Crippen molar-refractivity contribution in [3.63, 3.8) is 0 Å². The van der Waals surface area contributed by atoms with Gasteiger partial charge in [-0.05, 0) is 86.8 Å². The first kappa shape index (κ1) is 24.6. The van der Waals surface area contributed by atoms with Gasteiger partial charge in [-0.1, -0.05) is 61.4 Å². The molecule has 0 aromatic heterocycles. The molecule has 0 spiro atoms. The minimum atomic E-state index is -0.135. The highest BCUT2D eigenvalue weighted by atomic mass is 16.3. The van der Waals surface area contributed by atoms with Gasteiger partial charge in [0.25, 0.3) is 0 Å². The molecule has 176 valence electrons. The zero-order valence-electron chi connectivity index (χ0n) is 19.3. The van der Waals surface area contributed by atoms with Gasteiger partial charge in [-0.3, -0.25) is 0 Å². The Morgan fingerprint density at radius 2 is 1.21 bits per heavy atom. The number of phenolic OH excluding ortho intramolecular Hbond substituents is 3. The highest BCUT2D eigenvalue weighted by Gasteiger charge is 2.14. The molecule has 0 aliphatic rings. The van der Waals surface area contributed by atoms with Crippen molar-refractivity contribution >= 4 is 0 Å². The quantitative estimate of drug-likeness (QED) is 0.177. The van der Waals surface area contributed by atoms with Gasteiger partial charge in [0, 0.05) is 5.56 Å². The van der Waals surface area contributed by atoms with Crippen LogP contribution in [-0.2, 0) is 12.8 Å². The van der Waals surface area contributed by atoms with Crippen LogP contribution in [0, 0.1) is 0 Å². The van der Waals surface area contributed by atoms with Crippen molar-refractivity contribution < 1.29 is 15.3 Å². The highest BCUT2D eigenvalue weighted by Crippen LogP contribution is 2.39. The number of aromatic hydroxyl groups is 3. The summed E-state index contributed by atoms with van der Waals surface area (Å²) in [5.74, 6) is -0.0792. The first-order valence-corrected chi connectivity index (χ1v) is 11.9. The largest absolute Gasteiger partial charge is 0.508 e. The lowest BCUT2D eigenvalue weighted by Gasteiger charge is -2.14. The summed E-state index contributed by atoms with van der Waals surface area (Å²) in [4.78, 5) is 0. The number of hydrogen-bond acceptors (Lipinski definition) is 5. The average molecular weight is 449 g/mol. The normalized spacial score (nSPS) is 11.0. The van der Waals surface area contributed by atoms with E-state index >= 15 is 0 Å². The summed E-state index contributed by atoms with van der Waals surface area (Å²) >= 11 is 0. The molecule has 3 rings (SSSR count).